The first-order valence-corrected chi connectivity index (χ1v) is 8.97. The molecule has 2 N–H and O–H groups in total. The summed E-state index contributed by atoms with van der Waals surface area (Å²) in [5.41, 5.74) is 5.67. The van der Waals surface area contributed by atoms with Crippen molar-refractivity contribution in [3.8, 4) is 0 Å². The fourth-order valence-corrected chi connectivity index (χ4v) is 2.82. The van der Waals surface area contributed by atoms with Crippen LogP contribution in [0.1, 0.15) is 31.8 Å². The first-order valence-electron chi connectivity index (χ1n) is 8.59. The van der Waals surface area contributed by atoms with Crippen molar-refractivity contribution < 1.29 is 9.59 Å². The third-order valence-electron chi connectivity index (χ3n) is 4.03. The molecule has 3 rings (SSSR count). The van der Waals surface area contributed by atoms with E-state index in [9.17, 15) is 9.59 Å². The molecule has 0 unspecified atom stereocenters. The summed E-state index contributed by atoms with van der Waals surface area (Å²) >= 11 is 6.05. The fourth-order valence-electron chi connectivity index (χ4n) is 2.59. The van der Waals surface area contributed by atoms with Gasteiger partial charge in [0.15, 0.2) is 0 Å². The molecule has 0 aliphatic rings. The van der Waals surface area contributed by atoms with Gasteiger partial charge in [-0.2, -0.15) is 5.10 Å². The van der Waals surface area contributed by atoms with Gasteiger partial charge < -0.3 is 5.32 Å². The van der Waals surface area contributed by atoms with Gasteiger partial charge in [-0.15, -0.1) is 0 Å². The van der Waals surface area contributed by atoms with Gasteiger partial charge in [0.25, 0.3) is 11.8 Å². The number of carbonyl (C=O) groups is 2. The van der Waals surface area contributed by atoms with E-state index in [0.717, 1.165) is 11.1 Å². The number of hydrazone groups is 1. The number of carbonyl (C=O) groups excluding carboxylic acids is 2. The fraction of sp³-hybridized carbons (Fsp3) is 0.0455. The van der Waals surface area contributed by atoms with Crippen LogP contribution < -0.4 is 10.7 Å². The Labute approximate surface area is 168 Å². The number of halogens is 1. The maximum atomic E-state index is 12.4. The molecule has 0 saturated carbocycles. The van der Waals surface area contributed by atoms with E-state index in [-0.39, 0.29) is 11.8 Å². The second-order valence-electron chi connectivity index (χ2n) is 6.07. The largest absolute Gasteiger partial charge is 0.322 e. The number of benzene rings is 3. The van der Waals surface area contributed by atoms with Gasteiger partial charge in [0, 0.05) is 11.3 Å². The summed E-state index contributed by atoms with van der Waals surface area (Å²) in [6, 6.07) is 21.2. The monoisotopic (exact) mass is 391 g/mol. The van der Waals surface area contributed by atoms with E-state index in [1.807, 2.05) is 25.1 Å². The second kappa shape index (κ2) is 8.97. The van der Waals surface area contributed by atoms with Crippen molar-refractivity contribution >= 4 is 35.3 Å². The number of anilines is 1. The molecule has 140 valence electrons. The predicted octanol–water partition coefficient (Wildman–Crippen LogP) is 4.66. The summed E-state index contributed by atoms with van der Waals surface area (Å²) in [6.07, 6.45) is 1.52. The van der Waals surface area contributed by atoms with Crippen LogP contribution in [0.15, 0.2) is 77.9 Å². The summed E-state index contributed by atoms with van der Waals surface area (Å²) in [4.78, 5) is 24.5. The van der Waals surface area contributed by atoms with Gasteiger partial charge in [0.1, 0.15) is 0 Å². The van der Waals surface area contributed by atoms with Gasteiger partial charge >= 0.3 is 0 Å². The van der Waals surface area contributed by atoms with Crippen LogP contribution in [0.2, 0.25) is 5.02 Å². The molecule has 0 aliphatic heterocycles. The van der Waals surface area contributed by atoms with Crippen molar-refractivity contribution in [1.82, 2.24) is 5.43 Å². The van der Waals surface area contributed by atoms with Gasteiger partial charge in [0.05, 0.1) is 16.8 Å². The van der Waals surface area contributed by atoms with Gasteiger partial charge in [-0.05, 0) is 48.4 Å². The number of amides is 2. The first kappa shape index (κ1) is 19.3. The predicted molar refractivity (Wildman–Crippen MR) is 112 cm³/mol. The highest BCUT2D eigenvalue weighted by Gasteiger charge is 2.10. The molecule has 0 saturated heterocycles. The van der Waals surface area contributed by atoms with Crippen LogP contribution in [0.25, 0.3) is 0 Å². The molecule has 0 radical (unpaired) electrons. The molecule has 0 aromatic heterocycles. The van der Waals surface area contributed by atoms with E-state index < -0.39 is 0 Å². The third-order valence-corrected chi connectivity index (χ3v) is 4.36. The average molecular weight is 392 g/mol. The highest BCUT2D eigenvalue weighted by molar-refractivity contribution is 6.34. The Morgan fingerprint density at radius 1 is 0.893 bits per heavy atom. The van der Waals surface area contributed by atoms with Crippen LogP contribution in [-0.4, -0.2) is 18.0 Å². The van der Waals surface area contributed by atoms with Crippen molar-refractivity contribution in [1.29, 1.82) is 0 Å². The lowest BCUT2D eigenvalue weighted by Crippen LogP contribution is -2.18. The van der Waals surface area contributed by atoms with E-state index in [2.05, 4.69) is 15.8 Å². The molecule has 0 fully saturated rings. The lowest BCUT2D eigenvalue weighted by molar-refractivity contribution is 0.0953. The molecule has 0 spiro atoms. The van der Waals surface area contributed by atoms with Crippen molar-refractivity contribution in [2.24, 2.45) is 5.10 Å². The Bertz CT molecular complexity index is 1050. The maximum absolute atomic E-state index is 12.4. The number of nitrogens with one attached hydrogen (secondary N) is 2. The molecule has 2 amide bonds. The Kier molecular flexibility index (Phi) is 6.19. The van der Waals surface area contributed by atoms with Crippen molar-refractivity contribution in [2.45, 2.75) is 6.92 Å². The lowest BCUT2D eigenvalue weighted by atomic mass is 10.1. The Morgan fingerprint density at radius 2 is 1.61 bits per heavy atom. The van der Waals surface area contributed by atoms with Crippen LogP contribution in [0, 0.1) is 6.92 Å². The molecule has 0 bridgehead atoms. The summed E-state index contributed by atoms with van der Waals surface area (Å²) in [5.74, 6) is -0.579. The minimum atomic E-state index is -0.299. The normalized spacial score (nSPS) is 10.6. The highest BCUT2D eigenvalue weighted by Crippen LogP contribution is 2.17. The Hall–Kier alpha value is -3.44. The smallest absolute Gasteiger partial charge is 0.271 e. The second-order valence-corrected chi connectivity index (χ2v) is 6.48. The summed E-state index contributed by atoms with van der Waals surface area (Å²) < 4.78 is 0. The van der Waals surface area contributed by atoms with Crippen molar-refractivity contribution in [2.75, 3.05) is 5.32 Å². The zero-order valence-electron chi connectivity index (χ0n) is 15.1. The van der Waals surface area contributed by atoms with E-state index in [4.69, 9.17) is 11.6 Å². The van der Waals surface area contributed by atoms with Crippen LogP contribution in [-0.2, 0) is 0 Å². The third kappa shape index (κ3) is 4.84. The number of rotatable bonds is 5. The van der Waals surface area contributed by atoms with Gasteiger partial charge in [-0.1, -0.05) is 54.1 Å². The number of nitrogens with zero attached hydrogens (tertiary/aromatic N) is 1. The van der Waals surface area contributed by atoms with Crippen LogP contribution in [0.4, 0.5) is 5.69 Å². The highest BCUT2D eigenvalue weighted by atomic mass is 35.5. The number of aryl methyl sites for hydroxylation is 1. The SMILES string of the molecule is Cc1ccccc1C(=O)N/N=C\c1cccc(NC(=O)c2ccccc2Cl)c1. The zero-order valence-corrected chi connectivity index (χ0v) is 15.9. The Balaban J connectivity index is 1.66. The molecular formula is C22H18ClN3O2. The zero-order chi connectivity index (χ0) is 19.9. The van der Waals surface area contributed by atoms with E-state index in [1.165, 1.54) is 6.21 Å². The summed E-state index contributed by atoms with van der Waals surface area (Å²) in [5, 5.41) is 7.18. The molecule has 5 nitrogen and oxygen atoms in total. The number of hydrogen-bond acceptors (Lipinski definition) is 3. The van der Waals surface area contributed by atoms with Crippen molar-refractivity contribution in [3.05, 3.63) is 100 Å². The molecule has 28 heavy (non-hydrogen) atoms. The molecule has 0 aliphatic carbocycles. The van der Waals surface area contributed by atoms with E-state index in [0.29, 0.717) is 21.8 Å². The van der Waals surface area contributed by atoms with Crippen LogP contribution >= 0.6 is 11.6 Å². The molecule has 0 heterocycles. The standard InChI is InChI=1S/C22H18ClN3O2/c1-15-7-2-3-10-18(15)22(28)26-24-14-16-8-6-9-17(13-16)25-21(27)19-11-4-5-12-20(19)23/h2-14H,1H3,(H,25,27)(H,26,28)/b24-14-. The molecule has 3 aromatic rings. The van der Waals surface area contributed by atoms with Crippen molar-refractivity contribution in [3.63, 3.8) is 0 Å². The van der Waals surface area contributed by atoms with Gasteiger partial charge in [0.2, 0.25) is 0 Å². The first-order chi connectivity index (χ1) is 13.5. The minimum Gasteiger partial charge on any atom is -0.322 e. The number of hydrogen-bond donors (Lipinski definition) is 2. The average Bonchev–Trinajstić information content (AvgIpc) is 2.69. The topological polar surface area (TPSA) is 70.6 Å². The summed E-state index contributed by atoms with van der Waals surface area (Å²) in [7, 11) is 0. The van der Waals surface area contributed by atoms with Gasteiger partial charge in [-0.3, -0.25) is 9.59 Å². The minimum absolute atomic E-state index is 0.280. The molecular weight excluding hydrogens is 374 g/mol. The van der Waals surface area contributed by atoms with E-state index >= 15 is 0 Å². The summed E-state index contributed by atoms with van der Waals surface area (Å²) in [6.45, 7) is 1.86. The van der Waals surface area contributed by atoms with Crippen LogP contribution in [0.3, 0.4) is 0 Å². The lowest BCUT2D eigenvalue weighted by Gasteiger charge is -2.07. The molecule has 3 aromatic carbocycles. The maximum Gasteiger partial charge on any atom is 0.271 e. The van der Waals surface area contributed by atoms with Gasteiger partial charge in [-0.25, -0.2) is 5.43 Å². The Morgan fingerprint density at radius 3 is 2.36 bits per heavy atom. The van der Waals surface area contributed by atoms with E-state index in [1.54, 1.807) is 54.6 Å². The quantitative estimate of drug-likeness (QED) is 0.490. The molecule has 0 atom stereocenters. The van der Waals surface area contributed by atoms with Crippen LogP contribution in [0.5, 0.6) is 0 Å². The molecule has 6 heteroatoms.